The highest BCUT2D eigenvalue weighted by Gasteiger charge is 2.35. The van der Waals surface area contributed by atoms with Crippen LogP contribution in [0.25, 0.3) is 0 Å². The lowest BCUT2D eigenvalue weighted by atomic mass is 10.1. The van der Waals surface area contributed by atoms with Crippen molar-refractivity contribution in [3.8, 4) is 0 Å². The molecule has 1 aromatic rings. The van der Waals surface area contributed by atoms with Gasteiger partial charge in [0.05, 0.1) is 11.3 Å². The van der Waals surface area contributed by atoms with Crippen LogP contribution in [0.5, 0.6) is 0 Å². The van der Waals surface area contributed by atoms with Crippen molar-refractivity contribution in [3.05, 3.63) is 29.8 Å². The maximum atomic E-state index is 12.7. The molecule has 0 aromatic heterocycles. The maximum Gasteiger partial charge on any atom is 0.332 e. The zero-order valence-corrected chi connectivity index (χ0v) is 13.9. The van der Waals surface area contributed by atoms with Crippen LogP contribution in [0.15, 0.2) is 24.3 Å². The van der Waals surface area contributed by atoms with E-state index >= 15 is 0 Å². The SMILES string of the molecule is O=C(Nc1ccccc1C(=O)N1CCCCC1)[C@@H]1CC[C@H](C(=O)O)O1. The van der Waals surface area contributed by atoms with E-state index in [9.17, 15) is 14.4 Å². The summed E-state index contributed by atoms with van der Waals surface area (Å²) in [6, 6.07) is 6.89. The molecule has 2 aliphatic rings. The zero-order valence-electron chi connectivity index (χ0n) is 13.9. The van der Waals surface area contributed by atoms with E-state index in [1.807, 2.05) is 0 Å². The van der Waals surface area contributed by atoms with Gasteiger partial charge in [-0.05, 0) is 44.2 Å². The van der Waals surface area contributed by atoms with E-state index in [0.717, 1.165) is 32.4 Å². The van der Waals surface area contributed by atoms with Gasteiger partial charge in [-0.3, -0.25) is 9.59 Å². The second-order valence-electron chi connectivity index (χ2n) is 6.42. The number of nitrogens with one attached hydrogen (secondary N) is 1. The number of carboxylic acid groups (broad SMARTS) is 1. The molecule has 2 N–H and O–H groups in total. The Bertz CT molecular complexity index is 669. The quantitative estimate of drug-likeness (QED) is 0.868. The van der Waals surface area contributed by atoms with Gasteiger partial charge < -0.3 is 20.1 Å². The number of anilines is 1. The summed E-state index contributed by atoms with van der Waals surface area (Å²) in [5.74, 6) is -1.56. The molecule has 2 amide bonds. The molecule has 0 bridgehead atoms. The number of nitrogens with zero attached hydrogens (tertiary/aromatic N) is 1. The Balaban J connectivity index is 1.69. The van der Waals surface area contributed by atoms with E-state index in [1.54, 1.807) is 29.2 Å². The molecular formula is C18H22N2O5. The molecule has 3 rings (SSSR count). The van der Waals surface area contributed by atoms with Crippen molar-refractivity contribution in [2.24, 2.45) is 0 Å². The second-order valence-corrected chi connectivity index (χ2v) is 6.42. The third-order valence-electron chi connectivity index (χ3n) is 4.65. The van der Waals surface area contributed by atoms with Gasteiger partial charge in [0.15, 0.2) is 6.10 Å². The average molecular weight is 346 g/mol. The van der Waals surface area contributed by atoms with Crippen molar-refractivity contribution >= 4 is 23.5 Å². The van der Waals surface area contributed by atoms with Crippen molar-refractivity contribution in [1.29, 1.82) is 0 Å². The minimum absolute atomic E-state index is 0.0913. The van der Waals surface area contributed by atoms with Gasteiger partial charge in [0.25, 0.3) is 11.8 Å². The van der Waals surface area contributed by atoms with Crippen LogP contribution in [-0.4, -0.2) is 53.1 Å². The first-order chi connectivity index (χ1) is 12.1. The van der Waals surface area contributed by atoms with Crippen molar-refractivity contribution in [2.45, 2.75) is 44.3 Å². The number of hydrogen-bond acceptors (Lipinski definition) is 4. The van der Waals surface area contributed by atoms with Crippen LogP contribution >= 0.6 is 0 Å². The smallest absolute Gasteiger partial charge is 0.332 e. The molecule has 0 unspecified atom stereocenters. The van der Waals surface area contributed by atoms with E-state index in [4.69, 9.17) is 9.84 Å². The Hall–Kier alpha value is -2.41. The maximum absolute atomic E-state index is 12.7. The largest absolute Gasteiger partial charge is 0.479 e. The highest BCUT2D eigenvalue weighted by molar-refractivity contribution is 6.04. The van der Waals surface area contributed by atoms with Crippen LogP contribution in [0, 0.1) is 0 Å². The monoisotopic (exact) mass is 346 g/mol. The number of aliphatic carboxylic acids is 1. The average Bonchev–Trinajstić information content (AvgIpc) is 3.13. The number of carbonyl (C=O) groups excluding carboxylic acids is 2. The van der Waals surface area contributed by atoms with Crippen molar-refractivity contribution in [1.82, 2.24) is 4.90 Å². The Morgan fingerprint density at radius 1 is 1.04 bits per heavy atom. The summed E-state index contributed by atoms with van der Waals surface area (Å²) in [6.07, 6.45) is 2.03. The normalized spacial score (nSPS) is 23.3. The highest BCUT2D eigenvalue weighted by atomic mass is 16.5. The van der Waals surface area contributed by atoms with Crippen LogP contribution in [0.3, 0.4) is 0 Å². The fraction of sp³-hybridized carbons (Fsp3) is 0.500. The fourth-order valence-corrected chi connectivity index (χ4v) is 3.27. The number of ether oxygens (including phenoxy) is 1. The number of para-hydroxylation sites is 1. The molecular weight excluding hydrogens is 324 g/mol. The van der Waals surface area contributed by atoms with Gasteiger partial charge >= 0.3 is 5.97 Å². The summed E-state index contributed by atoms with van der Waals surface area (Å²) >= 11 is 0. The number of amides is 2. The van der Waals surface area contributed by atoms with Gasteiger partial charge in [-0.15, -0.1) is 0 Å². The molecule has 2 atom stereocenters. The Morgan fingerprint density at radius 3 is 2.40 bits per heavy atom. The van der Waals surface area contributed by atoms with Crippen LogP contribution in [0.4, 0.5) is 5.69 Å². The molecule has 2 fully saturated rings. The van der Waals surface area contributed by atoms with Crippen molar-refractivity contribution in [3.63, 3.8) is 0 Å². The summed E-state index contributed by atoms with van der Waals surface area (Å²) in [6.45, 7) is 1.46. The summed E-state index contributed by atoms with van der Waals surface area (Å²) in [4.78, 5) is 37.9. The van der Waals surface area contributed by atoms with E-state index in [-0.39, 0.29) is 5.91 Å². The summed E-state index contributed by atoms with van der Waals surface area (Å²) in [7, 11) is 0. The van der Waals surface area contributed by atoms with E-state index in [0.29, 0.717) is 24.1 Å². The van der Waals surface area contributed by atoms with E-state index in [1.165, 1.54) is 0 Å². The molecule has 134 valence electrons. The molecule has 2 saturated heterocycles. The van der Waals surface area contributed by atoms with Gasteiger partial charge in [0, 0.05) is 13.1 Å². The first-order valence-corrected chi connectivity index (χ1v) is 8.63. The number of hydrogen-bond donors (Lipinski definition) is 2. The van der Waals surface area contributed by atoms with Crippen molar-refractivity contribution in [2.75, 3.05) is 18.4 Å². The number of piperidine rings is 1. The number of benzene rings is 1. The van der Waals surface area contributed by atoms with Crippen LogP contribution in [0.2, 0.25) is 0 Å². The predicted octanol–water partition coefficient (Wildman–Crippen LogP) is 1.88. The molecule has 7 nitrogen and oxygen atoms in total. The van der Waals surface area contributed by atoms with E-state index < -0.39 is 24.1 Å². The first-order valence-electron chi connectivity index (χ1n) is 8.63. The van der Waals surface area contributed by atoms with Crippen LogP contribution in [-0.2, 0) is 14.3 Å². The summed E-state index contributed by atoms with van der Waals surface area (Å²) in [5, 5.41) is 11.7. The lowest BCUT2D eigenvalue weighted by Gasteiger charge is -2.27. The van der Waals surface area contributed by atoms with Crippen molar-refractivity contribution < 1.29 is 24.2 Å². The Morgan fingerprint density at radius 2 is 1.72 bits per heavy atom. The number of likely N-dealkylation sites (tertiary alicyclic amines) is 1. The number of carbonyl (C=O) groups is 3. The minimum atomic E-state index is -1.06. The molecule has 25 heavy (non-hydrogen) atoms. The third-order valence-corrected chi connectivity index (χ3v) is 4.65. The van der Waals surface area contributed by atoms with Gasteiger partial charge in [0.2, 0.25) is 0 Å². The fourth-order valence-electron chi connectivity index (χ4n) is 3.27. The van der Waals surface area contributed by atoms with Gasteiger partial charge in [0.1, 0.15) is 6.10 Å². The molecule has 1 aromatic carbocycles. The summed E-state index contributed by atoms with van der Waals surface area (Å²) < 4.78 is 5.27. The molecule has 0 radical (unpaired) electrons. The third kappa shape index (κ3) is 3.99. The lowest BCUT2D eigenvalue weighted by Crippen LogP contribution is -2.36. The summed E-state index contributed by atoms with van der Waals surface area (Å²) in [5.41, 5.74) is 0.885. The van der Waals surface area contributed by atoms with Gasteiger partial charge in [-0.2, -0.15) is 0 Å². The zero-order chi connectivity index (χ0) is 17.8. The van der Waals surface area contributed by atoms with Gasteiger partial charge in [-0.1, -0.05) is 12.1 Å². The Kier molecular flexibility index (Phi) is 5.33. The number of rotatable bonds is 4. The van der Waals surface area contributed by atoms with Crippen LogP contribution < -0.4 is 5.32 Å². The highest BCUT2D eigenvalue weighted by Crippen LogP contribution is 2.24. The first kappa shape index (κ1) is 17.4. The Labute approximate surface area is 146 Å². The molecule has 0 aliphatic carbocycles. The molecule has 2 heterocycles. The van der Waals surface area contributed by atoms with Crippen LogP contribution in [0.1, 0.15) is 42.5 Å². The number of carboxylic acids is 1. The minimum Gasteiger partial charge on any atom is -0.479 e. The lowest BCUT2D eigenvalue weighted by molar-refractivity contribution is -0.150. The second kappa shape index (κ2) is 7.65. The molecule has 0 saturated carbocycles. The molecule has 7 heteroatoms. The molecule has 2 aliphatic heterocycles. The standard InChI is InChI=1S/C18H22N2O5/c21-16(14-8-9-15(25-14)18(23)24)19-13-7-3-2-6-12(13)17(22)20-10-4-1-5-11-20/h2-3,6-7,14-15H,1,4-5,8-11H2,(H,19,21)(H,23,24)/t14-,15+/m0/s1. The predicted molar refractivity (Wildman–Crippen MR) is 90.4 cm³/mol. The van der Waals surface area contributed by atoms with Gasteiger partial charge in [-0.25, -0.2) is 4.79 Å². The topological polar surface area (TPSA) is 95.9 Å². The molecule has 0 spiro atoms. The van der Waals surface area contributed by atoms with E-state index in [2.05, 4.69) is 5.32 Å².